The first kappa shape index (κ1) is 12.2. The van der Waals surface area contributed by atoms with Gasteiger partial charge >= 0.3 is 0 Å². The number of rotatable bonds is 3. The number of pyridine rings is 1. The molecule has 1 heterocycles. The quantitative estimate of drug-likeness (QED) is 0.912. The highest BCUT2D eigenvalue weighted by Crippen LogP contribution is 2.56. The Labute approximate surface area is 120 Å². The van der Waals surface area contributed by atoms with Crippen molar-refractivity contribution in [3.8, 4) is 6.07 Å². The van der Waals surface area contributed by atoms with Gasteiger partial charge in [0.25, 0.3) is 0 Å². The molecule has 1 N–H and O–H groups in total. The topological polar surface area (TPSA) is 48.7 Å². The Morgan fingerprint density at radius 2 is 1.85 bits per heavy atom. The maximum Gasteiger partial charge on any atom is 0.127 e. The van der Waals surface area contributed by atoms with E-state index in [-0.39, 0.29) is 0 Å². The monoisotopic (exact) mass is 267 g/mol. The minimum Gasteiger partial charge on any atom is -0.370 e. The first-order valence-electron chi connectivity index (χ1n) is 7.92. The van der Waals surface area contributed by atoms with Gasteiger partial charge in [0.15, 0.2) is 0 Å². The highest BCUT2D eigenvalue weighted by Gasteiger charge is 2.47. The molecule has 0 radical (unpaired) electrons. The van der Waals surface area contributed by atoms with E-state index in [2.05, 4.69) is 16.4 Å². The van der Waals surface area contributed by atoms with Crippen LogP contribution in [0.1, 0.15) is 37.7 Å². The molecule has 3 nitrogen and oxygen atoms in total. The maximum absolute atomic E-state index is 8.94. The lowest BCUT2D eigenvalue weighted by Gasteiger charge is -2.54. The summed E-state index contributed by atoms with van der Waals surface area (Å²) in [6.45, 7) is 1.04. The van der Waals surface area contributed by atoms with Gasteiger partial charge in [-0.15, -0.1) is 0 Å². The summed E-state index contributed by atoms with van der Waals surface area (Å²) in [6, 6.07) is 5.79. The second-order valence-corrected chi connectivity index (χ2v) is 7.02. The van der Waals surface area contributed by atoms with Crippen molar-refractivity contribution in [3.05, 3.63) is 23.9 Å². The van der Waals surface area contributed by atoms with E-state index in [4.69, 9.17) is 5.26 Å². The largest absolute Gasteiger partial charge is 0.370 e. The zero-order valence-electron chi connectivity index (χ0n) is 11.8. The summed E-state index contributed by atoms with van der Waals surface area (Å²) in [5, 5.41) is 12.4. The van der Waals surface area contributed by atoms with E-state index < -0.39 is 0 Å². The van der Waals surface area contributed by atoms with Gasteiger partial charge in [0, 0.05) is 12.7 Å². The Bertz CT molecular complexity index is 517. The van der Waals surface area contributed by atoms with Crippen LogP contribution in [-0.2, 0) is 0 Å². The molecule has 5 rings (SSSR count). The first-order valence-corrected chi connectivity index (χ1v) is 7.92. The molecule has 4 fully saturated rings. The lowest BCUT2D eigenvalue weighted by molar-refractivity contribution is -0.0305. The molecule has 3 heteroatoms. The first-order chi connectivity index (χ1) is 9.81. The van der Waals surface area contributed by atoms with Gasteiger partial charge in [0.1, 0.15) is 5.82 Å². The second kappa shape index (κ2) is 4.77. The molecular weight excluding hydrogens is 246 g/mol. The van der Waals surface area contributed by atoms with E-state index in [0.29, 0.717) is 5.56 Å². The van der Waals surface area contributed by atoms with Gasteiger partial charge in [-0.1, -0.05) is 0 Å². The Balaban J connectivity index is 1.43. The summed E-state index contributed by atoms with van der Waals surface area (Å²) in [7, 11) is 0. The Hall–Kier alpha value is -1.56. The Morgan fingerprint density at radius 3 is 2.50 bits per heavy atom. The minimum absolute atomic E-state index is 0.688. The van der Waals surface area contributed by atoms with Crippen LogP contribution in [-0.4, -0.2) is 11.5 Å². The van der Waals surface area contributed by atoms with Gasteiger partial charge < -0.3 is 5.32 Å². The van der Waals surface area contributed by atoms with Gasteiger partial charge in [-0.2, -0.15) is 5.26 Å². The summed E-state index contributed by atoms with van der Waals surface area (Å²) in [4.78, 5) is 4.33. The van der Waals surface area contributed by atoms with Crippen molar-refractivity contribution in [2.75, 3.05) is 11.9 Å². The molecule has 0 amide bonds. The SMILES string of the molecule is N#Cc1ccnc(NCC2C3CC4CC(C3)CC2C4)c1. The molecule has 0 unspecified atom stereocenters. The fraction of sp³-hybridized carbons (Fsp3) is 0.647. The molecular formula is C17H21N3. The normalized spacial score (nSPS) is 37.6. The third-order valence-corrected chi connectivity index (χ3v) is 5.83. The van der Waals surface area contributed by atoms with E-state index in [0.717, 1.165) is 42.0 Å². The van der Waals surface area contributed by atoms with Gasteiger partial charge in [0.2, 0.25) is 0 Å². The molecule has 0 atom stereocenters. The number of aromatic nitrogens is 1. The molecule has 0 saturated heterocycles. The van der Waals surface area contributed by atoms with Crippen LogP contribution >= 0.6 is 0 Å². The lowest BCUT2D eigenvalue weighted by Crippen LogP contribution is -2.47. The molecule has 4 bridgehead atoms. The van der Waals surface area contributed by atoms with Crippen molar-refractivity contribution in [1.29, 1.82) is 5.26 Å². The molecule has 4 saturated carbocycles. The molecule has 4 aliphatic carbocycles. The van der Waals surface area contributed by atoms with E-state index in [1.807, 2.05) is 6.07 Å². The zero-order valence-corrected chi connectivity index (χ0v) is 11.8. The van der Waals surface area contributed by atoms with Crippen molar-refractivity contribution in [1.82, 2.24) is 4.98 Å². The van der Waals surface area contributed by atoms with E-state index in [1.54, 1.807) is 12.3 Å². The molecule has 104 valence electrons. The molecule has 1 aromatic rings. The predicted octanol–water partition coefficient (Wildman–Crippen LogP) is 3.44. The summed E-state index contributed by atoms with van der Waals surface area (Å²) >= 11 is 0. The van der Waals surface area contributed by atoms with Crippen LogP contribution in [0.2, 0.25) is 0 Å². The van der Waals surface area contributed by atoms with E-state index >= 15 is 0 Å². The Morgan fingerprint density at radius 1 is 1.15 bits per heavy atom. The fourth-order valence-corrected chi connectivity index (χ4v) is 5.19. The van der Waals surface area contributed by atoms with Crippen molar-refractivity contribution in [3.63, 3.8) is 0 Å². The van der Waals surface area contributed by atoms with Crippen molar-refractivity contribution < 1.29 is 0 Å². The van der Waals surface area contributed by atoms with Crippen molar-refractivity contribution >= 4 is 5.82 Å². The molecule has 0 spiro atoms. The fourth-order valence-electron chi connectivity index (χ4n) is 5.19. The maximum atomic E-state index is 8.94. The number of hydrogen-bond acceptors (Lipinski definition) is 3. The van der Waals surface area contributed by atoms with Crippen molar-refractivity contribution in [2.45, 2.75) is 32.1 Å². The van der Waals surface area contributed by atoms with Crippen LogP contribution in [0.5, 0.6) is 0 Å². The third-order valence-electron chi connectivity index (χ3n) is 5.83. The number of nitrogens with one attached hydrogen (secondary N) is 1. The summed E-state index contributed by atoms with van der Waals surface area (Å²) in [5.41, 5.74) is 0.688. The van der Waals surface area contributed by atoms with Crippen LogP contribution in [0.25, 0.3) is 0 Å². The predicted molar refractivity (Wildman–Crippen MR) is 78.0 cm³/mol. The van der Waals surface area contributed by atoms with Crippen LogP contribution in [0.3, 0.4) is 0 Å². The second-order valence-electron chi connectivity index (χ2n) is 7.02. The molecule has 20 heavy (non-hydrogen) atoms. The highest BCUT2D eigenvalue weighted by atomic mass is 15.0. The van der Waals surface area contributed by atoms with Crippen molar-refractivity contribution in [2.24, 2.45) is 29.6 Å². The minimum atomic E-state index is 0.688. The van der Waals surface area contributed by atoms with Gasteiger partial charge in [0.05, 0.1) is 11.6 Å². The smallest absolute Gasteiger partial charge is 0.127 e. The Kier molecular flexibility index (Phi) is 2.91. The van der Waals surface area contributed by atoms with Crippen LogP contribution in [0.4, 0.5) is 5.82 Å². The van der Waals surface area contributed by atoms with Crippen LogP contribution in [0.15, 0.2) is 18.3 Å². The number of nitriles is 1. The summed E-state index contributed by atoms with van der Waals surface area (Å²) in [6.07, 6.45) is 9.09. The number of anilines is 1. The van der Waals surface area contributed by atoms with Gasteiger partial charge in [-0.25, -0.2) is 4.98 Å². The van der Waals surface area contributed by atoms with E-state index in [1.165, 1.54) is 32.1 Å². The zero-order chi connectivity index (χ0) is 13.5. The number of hydrogen-bond donors (Lipinski definition) is 1. The van der Waals surface area contributed by atoms with Crippen LogP contribution in [0, 0.1) is 40.9 Å². The van der Waals surface area contributed by atoms with E-state index in [9.17, 15) is 0 Å². The summed E-state index contributed by atoms with van der Waals surface area (Å²) < 4.78 is 0. The molecule has 4 aliphatic rings. The molecule has 1 aromatic heterocycles. The molecule has 0 aliphatic heterocycles. The van der Waals surface area contributed by atoms with Gasteiger partial charge in [-0.05, 0) is 73.8 Å². The van der Waals surface area contributed by atoms with Crippen LogP contribution < -0.4 is 5.32 Å². The summed E-state index contributed by atoms with van der Waals surface area (Å²) in [5.74, 6) is 5.64. The average Bonchev–Trinajstić information content (AvgIpc) is 2.46. The standard InChI is InChI=1S/C17H21N3/c18-9-11-1-2-19-17(8-11)20-10-16-14-4-12-3-13(6-14)7-15(16)5-12/h1-2,8,12-16H,3-7,10H2,(H,19,20). The molecule has 0 aromatic carbocycles. The number of nitrogens with zero attached hydrogens (tertiary/aromatic N) is 2. The lowest BCUT2D eigenvalue weighted by atomic mass is 9.52. The third kappa shape index (κ3) is 2.08. The van der Waals surface area contributed by atoms with Gasteiger partial charge in [-0.3, -0.25) is 0 Å². The highest BCUT2D eigenvalue weighted by molar-refractivity contribution is 5.42. The average molecular weight is 267 g/mol.